The van der Waals surface area contributed by atoms with E-state index in [-0.39, 0.29) is 11.3 Å². The summed E-state index contributed by atoms with van der Waals surface area (Å²) in [6, 6.07) is 2.29. The van der Waals surface area contributed by atoms with E-state index in [9.17, 15) is 4.79 Å². The molecule has 0 aromatic heterocycles. The van der Waals surface area contributed by atoms with Gasteiger partial charge in [-0.1, -0.05) is 6.42 Å². The highest BCUT2D eigenvalue weighted by Gasteiger charge is 2.15. The second-order valence-corrected chi connectivity index (χ2v) is 4.63. The Labute approximate surface area is 98.4 Å². The zero-order chi connectivity index (χ0) is 12.4. The first-order valence-electron chi connectivity index (χ1n) is 5.84. The van der Waals surface area contributed by atoms with Crippen LogP contribution in [0.2, 0.25) is 0 Å². The second-order valence-electron chi connectivity index (χ2n) is 4.63. The lowest BCUT2D eigenvalue weighted by atomic mass is 9.89. The fourth-order valence-corrected chi connectivity index (χ4v) is 1.32. The molecule has 0 aliphatic heterocycles. The number of nitrogens with one attached hydrogen (secondary N) is 2. The first-order valence-corrected chi connectivity index (χ1v) is 5.84. The van der Waals surface area contributed by atoms with Crippen molar-refractivity contribution in [2.24, 2.45) is 5.41 Å². The standard InChI is InChI=1S/C12H23N3O/c1-12(2,10-13)7-4-5-8-15-9-6-11(16)14-3/h15H,4-9H2,1-3H3,(H,14,16). The molecule has 16 heavy (non-hydrogen) atoms. The van der Waals surface area contributed by atoms with E-state index >= 15 is 0 Å². The molecule has 2 N–H and O–H groups in total. The van der Waals surface area contributed by atoms with Crippen LogP contribution in [0.1, 0.15) is 39.5 Å². The van der Waals surface area contributed by atoms with Crippen LogP contribution < -0.4 is 10.6 Å². The van der Waals surface area contributed by atoms with Gasteiger partial charge in [-0.05, 0) is 33.2 Å². The maximum absolute atomic E-state index is 10.9. The minimum atomic E-state index is -0.206. The van der Waals surface area contributed by atoms with E-state index in [2.05, 4.69) is 16.7 Å². The summed E-state index contributed by atoms with van der Waals surface area (Å²) in [5.74, 6) is 0.0677. The van der Waals surface area contributed by atoms with Crippen molar-refractivity contribution in [3.8, 4) is 6.07 Å². The highest BCUT2D eigenvalue weighted by atomic mass is 16.1. The summed E-state index contributed by atoms with van der Waals surface area (Å²) in [5, 5.41) is 14.6. The third-order valence-electron chi connectivity index (χ3n) is 2.52. The summed E-state index contributed by atoms with van der Waals surface area (Å²) in [6.45, 7) is 5.57. The van der Waals surface area contributed by atoms with Gasteiger partial charge in [-0.25, -0.2) is 0 Å². The van der Waals surface area contributed by atoms with Crippen LogP contribution in [0.5, 0.6) is 0 Å². The van der Waals surface area contributed by atoms with Crippen molar-refractivity contribution in [1.82, 2.24) is 10.6 Å². The van der Waals surface area contributed by atoms with Gasteiger partial charge in [0.1, 0.15) is 0 Å². The molecule has 0 unspecified atom stereocenters. The monoisotopic (exact) mass is 225 g/mol. The van der Waals surface area contributed by atoms with E-state index < -0.39 is 0 Å². The molecule has 92 valence electrons. The van der Waals surface area contributed by atoms with Gasteiger partial charge in [-0.15, -0.1) is 0 Å². The van der Waals surface area contributed by atoms with Crippen molar-refractivity contribution in [3.63, 3.8) is 0 Å². The molecule has 0 rings (SSSR count). The molecule has 0 spiro atoms. The Morgan fingerprint density at radius 1 is 1.31 bits per heavy atom. The molecule has 0 radical (unpaired) electrons. The maximum Gasteiger partial charge on any atom is 0.221 e. The molecule has 4 nitrogen and oxygen atoms in total. The minimum Gasteiger partial charge on any atom is -0.359 e. The van der Waals surface area contributed by atoms with E-state index in [1.807, 2.05) is 13.8 Å². The van der Waals surface area contributed by atoms with Gasteiger partial charge in [0.15, 0.2) is 0 Å². The SMILES string of the molecule is CNC(=O)CCNCCCCC(C)(C)C#N. The molecule has 1 amide bonds. The largest absolute Gasteiger partial charge is 0.359 e. The van der Waals surface area contributed by atoms with Crippen LogP contribution in [0.4, 0.5) is 0 Å². The zero-order valence-electron chi connectivity index (χ0n) is 10.6. The van der Waals surface area contributed by atoms with Crippen LogP contribution in [0.15, 0.2) is 0 Å². The first kappa shape index (κ1) is 14.9. The third kappa shape index (κ3) is 8.25. The quantitative estimate of drug-likeness (QED) is 0.614. The number of nitriles is 1. The number of carbonyl (C=O) groups excluding carboxylic acids is 1. The lowest BCUT2D eigenvalue weighted by Gasteiger charge is -2.14. The second kappa shape index (κ2) is 8.12. The Morgan fingerprint density at radius 3 is 2.56 bits per heavy atom. The summed E-state index contributed by atoms with van der Waals surface area (Å²) >= 11 is 0. The lowest BCUT2D eigenvalue weighted by molar-refractivity contribution is -0.120. The summed E-state index contributed by atoms with van der Waals surface area (Å²) in [5.41, 5.74) is -0.206. The Hall–Kier alpha value is -1.08. The summed E-state index contributed by atoms with van der Waals surface area (Å²) in [4.78, 5) is 10.9. The predicted molar refractivity (Wildman–Crippen MR) is 64.8 cm³/mol. The molecule has 4 heteroatoms. The van der Waals surface area contributed by atoms with E-state index in [4.69, 9.17) is 5.26 Å². The predicted octanol–water partition coefficient (Wildman–Crippen LogP) is 1.43. The average Bonchev–Trinajstić information content (AvgIpc) is 2.27. The zero-order valence-corrected chi connectivity index (χ0v) is 10.6. The van der Waals surface area contributed by atoms with E-state index in [0.29, 0.717) is 6.42 Å². The number of unbranched alkanes of at least 4 members (excludes halogenated alkanes) is 1. The lowest BCUT2D eigenvalue weighted by Crippen LogP contribution is -2.25. The normalized spacial score (nSPS) is 10.9. The number of amides is 1. The third-order valence-corrected chi connectivity index (χ3v) is 2.52. The molecule has 0 fully saturated rings. The topological polar surface area (TPSA) is 64.9 Å². The van der Waals surface area contributed by atoms with Crippen molar-refractivity contribution < 1.29 is 4.79 Å². The smallest absolute Gasteiger partial charge is 0.221 e. The van der Waals surface area contributed by atoms with Crippen LogP contribution in [0, 0.1) is 16.7 Å². The maximum atomic E-state index is 10.9. The molecule has 0 aromatic carbocycles. The number of carbonyl (C=O) groups is 1. The molecule has 0 heterocycles. The van der Waals surface area contributed by atoms with Gasteiger partial charge in [-0.3, -0.25) is 4.79 Å². The molecule has 0 saturated heterocycles. The molecule has 0 saturated carbocycles. The van der Waals surface area contributed by atoms with Gasteiger partial charge in [0.2, 0.25) is 5.91 Å². The number of hydrogen-bond donors (Lipinski definition) is 2. The first-order chi connectivity index (χ1) is 7.52. The van der Waals surface area contributed by atoms with Gasteiger partial charge in [0.05, 0.1) is 11.5 Å². The van der Waals surface area contributed by atoms with Gasteiger partial charge < -0.3 is 10.6 Å². The average molecular weight is 225 g/mol. The Bertz CT molecular complexity index is 243. The fourth-order valence-electron chi connectivity index (χ4n) is 1.32. The van der Waals surface area contributed by atoms with Crippen LogP contribution in [0.3, 0.4) is 0 Å². The molecule has 0 aliphatic rings. The van der Waals surface area contributed by atoms with E-state index in [1.54, 1.807) is 7.05 Å². The Kier molecular flexibility index (Phi) is 7.57. The highest BCUT2D eigenvalue weighted by molar-refractivity contribution is 5.75. The molecular weight excluding hydrogens is 202 g/mol. The molecule has 0 aliphatic carbocycles. The minimum absolute atomic E-state index is 0.0677. The van der Waals surface area contributed by atoms with Crippen molar-refractivity contribution in [3.05, 3.63) is 0 Å². The summed E-state index contributed by atoms with van der Waals surface area (Å²) < 4.78 is 0. The Morgan fingerprint density at radius 2 is 2.00 bits per heavy atom. The van der Waals surface area contributed by atoms with Gasteiger partial charge >= 0.3 is 0 Å². The molecule has 0 bridgehead atoms. The van der Waals surface area contributed by atoms with E-state index in [0.717, 1.165) is 32.4 Å². The van der Waals surface area contributed by atoms with Gasteiger partial charge in [0.25, 0.3) is 0 Å². The fraction of sp³-hybridized carbons (Fsp3) is 0.833. The number of rotatable bonds is 8. The van der Waals surface area contributed by atoms with Gasteiger partial charge in [0, 0.05) is 20.0 Å². The van der Waals surface area contributed by atoms with E-state index in [1.165, 1.54) is 0 Å². The number of nitrogens with zero attached hydrogens (tertiary/aromatic N) is 1. The molecular formula is C12H23N3O. The van der Waals surface area contributed by atoms with Crippen LogP contribution in [-0.2, 0) is 4.79 Å². The van der Waals surface area contributed by atoms with Crippen LogP contribution >= 0.6 is 0 Å². The summed E-state index contributed by atoms with van der Waals surface area (Å²) in [7, 11) is 1.65. The molecule has 0 atom stereocenters. The number of hydrogen-bond acceptors (Lipinski definition) is 3. The summed E-state index contributed by atoms with van der Waals surface area (Å²) in [6.07, 6.45) is 3.56. The van der Waals surface area contributed by atoms with Gasteiger partial charge in [-0.2, -0.15) is 5.26 Å². The van der Waals surface area contributed by atoms with Crippen LogP contribution in [-0.4, -0.2) is 26.0 Å². The highest BCUT2D eigenvalue weighted by Crippen LogP contribution is 2.21. The molecule has 0 aromatic rings. The van der Waals surface area contributed by atoms with Crippen LogP contribution in [0.25, 0.3) is 0 Å². The Balaban J connectivity index is 3.29. The van der Waals surface area contributed by atoms with Crippen molar-refractivity contribution in [2.45, 2.75) is 39.5 Å². The van der Waals surface area contributed by atoms with Crippen molar-refractivity contribution >= 4 is 5.91 Å². The van der Waals surface area contributed by atoms with Crippen molar-refractivity contribution in [1.29, 1.82) is 5.26 Å². The van der Waals surface area contributed by atoms with Crippen molar-refractivity contribution in [2.75, 3.05) is 20.1 Å².